The van der Waals surface area contributed by atoms with E-state index in [9.17, 15) is 4.79 Å². The van der Waals surface area contributed by atoms with Gasteiger partial charge in [-0.05, 0) is 18.4 Å². The van der Waals surface area contributed by atoms with Gasteiger partial charge in [-0.1, -0.05) is 25.1 Å². The predicted molar refractivity (Wildman–Crippen MR) is 84.9 cm³/mol. The van der Waals surface area contributed by atoms with Crippen LogP contribution in [0, 0.1) is 5.92 Å². The summed E-state index contributed by atoms with van der Waals surface area (Å²) in [6.45, 7) is 2.65. The quantitative estimate of drug-likeness (QED) is 0.792. The molecule has 2 amide bonds. The van der Waals surface area contributed by atoms with Gasteiger partial charge in [0.15, 0.2) is 5.82 Å². The second-order valence-electron chi connectivity index (χ2n) is 5.70. The lowest BCUT2D eigenvalue weighted by Crippen LogP contribution is -2.20. The number of nitrogens with zero attached hydrogens (tertiary/aromatic N) is 1. The van der Waals surface area contributed by atoms with Crippen LogP contribution in [-0.4, -0.2) is 23.3 Å². The molecular formula is C16H20N4O2. The molecule has 1 aliphatic rings. The van der Waals surface area contributed by atoms with Gasteiger partial charge < -0.3 is 10.1 Å². The third kappa shape index (κ3) is 3.28. The van der Waals surface area contributed by atoms with Gasteiger partial charge in [-0.15, -0.1) is 0 Å². The molecule has 6 nitrogen and oxygen atoms in total. The molecule has 116 valence electrons. The molecule has 0 radical (unpaired) electrons. The smallest absolute Gasteiger partial charge is 0.324 e. The lowest BCUT2D eigenvalue weighted by molar-refractivity contribution is 0.185. The summed E-state index contributed by atoms with van der Waals surface area (Å²) in [7, 11) is 1.63. The first kappa shape index (κ1) is 14.6. The zero-order valence-corrected chi connectivity index (χ0v) is 12.7. The van der Waals surface area contributed by atoms with Crippen LogP contribution in [0.1, 0.15) is 30.5 Å². The molecule has 0 unspecified atom stereocenters. The molecule has 1 aromatic heterocycles. The van der Waals surface area contributed by atoms with E-state index in [1.54, 1.807) is 7.11 Å². The van der Waals surface area contributed by atoms with E-state index in [2.05, 4.69) is 27.8 Å². The van der Waals surface area contributed by atoms with Crippen LogP contribution >= 0.6 is 0 Å². The second kappa shape index (κ2) is 6.19. The average Bonchev–Trinajstić information content (AvgIpc) is 3.05. The first-order chi connectivity index (χ1) is 10.7. The molecule has 1 fully saturated rings. The minimum absolute atomic E-state index is 0.314. The minimum atomic E-state index is -0.314. The van der Waals surface area contributed by atoms with Crippen molar-refractivity contribution in [2.45, 2.75) is 25.9 Å². The van der Waals surface area contributed by atoms with E-state index in [0.29, 0.717) is 24.3 Å². The molecular weight excluding hydrogens is 280 g/mol. The maximum atomic E-state index is 12.1. The summed E-state index contributed by atoms with van der Waals surface area (Å²) in [6, 6.07) is 9.13. The molecule has 22 heavy (non-hydrogen) atoms. The normalized spacial score (nSPS) is 19.7. The number of carbonyl (C=O) groups is 1. The number of ether oxygens (including phenoxy) is 1. The lowest BCUT2D eigenvalue weighted by atomic mass is 10.2. The summed E-state index contributed by atoms with van der Waals surface area (Å²) in [5.74, 6) is 1.78. The van der Waals surface area contributed by atoms with Crippen LogP contribution in [0.25, 0.3) is 0 Å². The number of methoxy groups -OCH3 is 1. The van der Waals surface area contributed by atoms with Gasteiger partial charge in [-0.3, -0.25) is 10.4 Å². The number of aromatic nitrogens is 2. The Hall–Kier alpha value is -2.34. The van der Waals surface area contributed by atoms with Gasteiger partial charge in [0, 0.05) is 36.0 Å². The first-order valence-corrected chi connectivity index (χ1v) is 7.37. The average molecular weight is 300 g/mol. The molecule has 3 N–H and O–H groups in total. The van der Waals surface area contributed by atoms with Crippen molar-refractivity contribution in [1.82, 2.24) is 10.2 Å². The van der Waals surface area contributed by atoms with Gasteiger partial charge in [0.1, 0.15) is 0 Å². The van der Waals surface area contributed by atoms with Crippen molar-refractivity contribution in [2.75, 3.05) is 17.7 Å². The highest BCUT2D eigenvalue weighted by atomic mass is 16.5. The number of amides is 2. The SMILES string of the molecule is COCc1ccccc1NC(=O)Nc1cc([C@H]2C[C@H]2C)[nH]n1. The standard InChI is InChI=1S/C16H20N4O2/c1-10-7-12(10)14-8-15(20-19-14)18-16(21)17-13-6-4-3-5-11(13)9-22-2/h3-6,8,10,12H,7,9H2,1-2H3,(H3,17,18,19,20,21)/t10-,12+/m1/s1. The summed E-state index contributed by atoms with van der Waals surface area (Å²) in [4.78, 5) is 12.1. The van der Waals surface area contributed by atoms with E-state index in [0.717, 1.165) is 16.9 Å². The molecule has 0 spiro atoms. The molecule has 2 atom stereocenters. The number of nitrogens with one attached hydrogen (secondary N) is 3. The van der Waals surface area contributed by atoms with Crippen molar-refractivity contribution in [3.05, 3.63) is 41.6 Å². The maximum absolute atomic E-state index is 12.1. The third-order valence-corrected chi connectivity index (χ3v) is 3.91. The number of urea groups is 1. The highest BCUT2D eigenvalue weighted by molar-refractivity contribution is 5.99. The fourth-order valence-electron chi connectivity index (χ4n) is 2.54. The van der Waals surface area contributed by atoms with Crippen LogP contribution < -0.4 is 10.6 Å². The van der Waals surface area contributed by atoms with Crippen molar-refractivity contribution in [3.8, 4) is 0 Å². The van der Waals surface area contributed by atoms with Gasteiger partial charge >= 0.3 is 6.03 Å². The molecule has 0 saturated heterocycles. The van der Waals surface area contributed by atoms with E-state index in [1.165, 1.54) is 6.42 Å². The van der Waals surface area contributed by atoms with Crippen LogP contribution in [0.15, 0.2) is 30.3 Å². The molecule has 1 aliphatic carbocycles. The number of H-pyrrole nitrogens is 1. The molecule has 1 heterocycles. The second-order valence-corrected chi connectivity index (χ2v) is 5.70. The molecule has 2 aromatic rings. The molecule has 0 bridgehead atoms. The topological polar surface area (TPSA) is 79.0 Å². The Bertz CT molecular complexity index is 668. The molecule has 0 aliphatic heterocycles. The zero-order chi connectivity index (χ0) is 15.5. The van der Waals surface area contributed by atoms with E-state index >= 15 is 0 Å². The van der Waals surface area contributed by atoms with Crippen LogP contribution in [-0.2, 0) is 11.3 Å². The molecule has 6 heteroatoms. The number of hydrogen-bond donors (Lipinski definition) is 3. The van der Waals surface area contributed by atoms with Gasteiger partial charge in [0.25, 0.3) is 0 Å². The van der Waals surface area contributed by atoms with Gasteiger partial charge in [0.05, 0.1) is 6.61 Å². The number of hydrogen-bond acceptors (Lipinski definition) is 3. The third-order valence-electron chi connectivity index (χ3n) is 3.91. The largest absolute Gasteiger partial charge is 0.380 e. The Morgan fingerprint density at radius 1 is 1.41 bits per heavy atom. The van der Waals surface area contributed by atoms with E-state index in [1.807, 2.05) is 30.3 Å². The van der Waals surface area contributed by atoms with Crippen molar-refractivity contribution < 1.29 is 9.53 Å². The van der Waals surface area contributed by atoms with Crippen LogP contribution in [0.3, 0.4) is 0 Å². The molecule has 1 saturated carbocycles. The number of aromatic amines is 1. The van der Waals surface area contributed by atoms with Crippen LogP contribution in [0.5, 0.6) is 0 Å². The summed E-state index contributed by atoms with van der Waals surface area (Å²) < 4.78 is 5.13. The Morgan fingerprint density at radius 2 is 2.18 bits per heavy atom. The Kier molecular flexibility index (Phi) is 4.11. The summed E-state index contributed by atoms with van der Waals surface area (Å²) >= 11 is 0. The van der Waals surface area contributed by atoms with Crippen LogP contribution in [0.2, 0.25) is 0 Å². The number of rotatable bonds is 5. The van der Waals surface area contributed by atoms with Gasteiger partial charge in [-0.25, -0.2) is 4.79 Å². The summed E-state index contributed by atoms with van der Waals surface area (Å²) in [6.07, 6.45) is 1.18. The van der Waals surface area contributed by atoms with Gasteiger partial charge in [0.2, 0.25) is 0 Å². The lowest BCUT2D eigenvalue weighted by Gasteiger charge is -2.10. The Balaban J connectivity index is 1.61. The van der Waals surface area contributed by atoms with E-state index in [-0.39, 0.29) is 6.03 Å². The van der Waals surface area contributed by atoms with E-state index in [4.69, 9.17) is 4.74 Å². The summed E-state index contributed by atoms with van der Waals surface area (Å²) in [5, 5.41) is 12.7. The van der Waals surface area contributed by atoms with Crippen LogP contribution in [0.4, 0.5) is 16.3 Å². The number of benzene rings is 1. The predicted octanol–water partition coefficient (Wildman–Crippen LogP) is 3.32. The fraction of sp³-hybridized carbons (Fsp3) is 0.375. The highest BCUT2D eigenvalue weighted by Gasteiger charge is 2.35. The zero-order valence-electron chi connectivity index (χ0n) is 12.7. The van der Waals surface area contributed by atoms with Crippen molar-refractivity contribution in [1.29, 1.82) is 0 Å². The van der Waals surface area contributed by atoms with E-state index < -0.39 is 0 Å². The van der Waals surface area contributed by atoms with Gasteiger partial charge in [-0.2, -0.15) is 5.10 Å². The fourth-order valence-corrected chi connectivity index (χ4v) is 2.54. The molecule has 1 aromatic carbocycles. The van der Waals surface area contributed by atoms with Crippen molar-refractivity contribution >= 4 is 17.5 Å². The first-order valence-electron chi connectivity index (χ1n) is 7.37. The Morgan fingerprint density at radius 3 is 2.91 bits per heavy atom. The van der Waals surface area contributed by atoms with Crippen molar-refractivity contribution in [3.63, 3.8) is 0 Å². The minimum Gasteiger partial charge on any atom is -0.380 e. The number of anilines is 2. The van der Waals surface area contributed by atoms with Crippen molar-refractivity contribution in [2.24, 2.45) is 5.92 Å². The number of para-hydroxylation sites is 1. The Labute approximate surface area is 129 Å². The highest BCUT2D eigenvalue weighted by Crippen LogP contribution is 2.46. The number of carbonyl (C=O) groups excluding carboxylic acids is 1. The molecule has 3 rings (SSSR count). The maximum Gasteiger partial charge on any atom is 0.324 e. The monoisotopic (exact) mass is 300 g/mol. The summed E-state index contributed by atoms with van der Waals surface area (Å²) in [5.41, 5.74) is 2.74.